The normalized spacial score (nSPS) is 12.4. The molecule has 1 atom stereocenters. The van der Waals surface area contributed by atoms with E-state index in [1.54, 1.807) is 25.3 Å². The standard InChI is InChI=1S/C20H23ClN2O2/c1-13(2)17-8-5-14(3)19(11-17)25-15(4)20(24)23-22-12-16-6-9-18(21)10-7-16/h5-13,15H,1-4H3,(H,23,24)/b22-12-/t15-/m1/s1. The number of amides is 1. The molecular formula is C20H23ClN2O2. The molecule has 25 heavy (non-hydrogen) atoms. The second-order valence-electron chi connectivity index (χ2n) is 6.23. The first-order valence-electron chi connectivity index (χ1n) is 8.22. The van der Waals surface area contributed by atoms with Gasteiger partial charge in [-0.05, 0) is 54.7 Å². The molecule has 132 valence electrons. The van der Waals surface area contributed by atoms with Gasteiger partial charge >= 0.3 is 0 Å². The summed E-state index contributed by atoms with van der Waals surface area (Å²) in [5.74, 6) is 0.811. The van der Waals surface area contributed by atoms with E-state index in [1.165, 1.54) is 5.56 Å². The highest BCUT2D eigenvalue weighted by Gasteiger charge is 2.15. The average Bonchev–Trinajstić information content (AvgIpc) is 2.58. The molecule has 2 aromatic rings. The molecule has 5 heteroatoms. The van der Waals surface area contributed by atoms with Gasteiger partial charge in [0.2, 0.25) is 0 Å². The minimum atomic E-state index is -0.650. The third kappa shape index (κ3) is 5.61. The molecule has 0 unspecified atom stereocenters. The lowest BCUT2D eigenvalue weighted by atomic mass is 10.0. The number of hydrogen-bond acceptors (Lipinski definition) is 3. The van der Waals surface area contributed by atoms with E-state index >= 15 is 0 Å². The van der Waals surface area contributed by atoms with Gasteiger partial charge in [-0.1, -0.05) is 49.7 Å². The lowest BCUT2D eigenvalue weighted by molar-refractivity contribution is -0.127. The van der Waals surface area contributed by atoms with E-state index in [-0.39, 0.29) is 5.91 Å². The number of nitrogens with one attached hydrogen (secondary N) is 1. The van der Waals surface area contributed by atoms with Gasteiger partial charge in [0.05, 0.1) is 6.21 Å². The van der Waals surface area contributed by atoms with Gasteiger partial charge in [0.25, 0.3) is 5.91 Å². The van der Waals surface area contributed by atoms with Gasteiger partial charge < -0.3 is 4.74 Å². The predicted molar refractivity (Wildman–Crippen MR) is 103 cm³/mol. The topological polar surface area (TPSA) is 50.7 Å². The molecule has 2 rings (SSSR count). The number of hydrazone groups is 1. The number of halogens is 1. The van der Waals surface area contributed by atoms with E-state index < -0.39 is 6.10 Å². The Labute approximate surface area is 153 Å². The van der Waals surface area contributed by atoms with Gasteiger partial charge in [-0.25, -0.2) is 5.43 Å². The molecule has 0 aromatic heterocycles. The molecule has 1 N–H and O–H groups in total. The fraction of sp³-hybridized carbons (Fsp3) is 0.300. The Morgan fingerprint density at radius 1 is 1.16 bits per heavy atom. The van der Waals surface area contributed by atoms with Crippen LogP contribution in [0.1, 0.15) is 43.4 Å². The molecule has 0 fully saturated rings. The molecule has 0 saturated heterocycles. The van der Waals surface area contributed by atoms with Crippen molar-refractivity contribution in [1.29, 1.82) is 0 Å². The van der Waals surface area contributed by atoms with Crippen LogP contribution in [0.5, 0.6) is 5.75 Å². The lowest BCUT2D eigenvalue weighted by Gasteiger charge is -2.16. The maximum Gasteiger partial charge on any atom is 0.280 e. The number of ether oxygens (including phenoxy) is 1. The summed E-state index contributed by atoms with van der Waals surface area (Å²) in [4.78, 5) is 12.2. The number of rotatable bonds is 6. The summed E-state index contributed by atoms with van der Waals surface area (Å²) in [6.07, 6.45) is 0.912. The van der Waals surface area contributed by atoms with Crippen LogP contribution in [0.2, 0.25) is 5.02 Å². The van der Waals surface area contributed by atoms with E-state index in [9.17, 15) is 4.79 Å². The number of aryl methyl sites for hydroxylation is 1. The van der Waals surface area contributed by atoms with E-state index in [0.717, 1.165) is 16.9 Å². The van der Waals surface area contributed by atoms with Crippen LogP contribution in [0.25, 0.3) is 0 Å². The third-order valence-corrected chi connectivity index (χ3v) is 4.06. The van der Waals surface area contributed by atoms with Crippen molar-refractivity contribution in [3.63, 3.8) is 0 Å². The van der Waals surface area contributed by atoms with Gasteiger partial charge in [-0.2, -0.15) is 5.10 Å². The zero-order valence-corrected chi connectivity index (χ0v) is 15.7. The number of benzene rings is 2. The van der Waals surface area contributed by atoms with Gasteiger partial charge in [0.15, 0.2) is 6.10 Å². The SMILES string of the molecule is Cc1ccc(C(C)C)cc1O[C@H](C)C(=O)N/N=C\c1ccc(Cl)cc1. The van der Waals surface area contributed by atoms with Crippen LogP contribution in [0, 0.1) is 6.92 Å². The summed E-state index contributed by atoms with van der Waals surface area (Å²) in [6, 6.07) is 13.2. The Morgan fingerprint density at radius 2 is 1.84 bits per heavy atom. The van der Waals surface area contributed by atoms with Crippen molar-refractivity contribution in [2.45, 2.75) is 39.7 Å². The first-order valence-corrected chi connectivity index (χ1v) is 8.60. The number of nitrogens with zero attached hydrogens (tertiary/aromatic N) is 1. The van der Waals surface area contributed by atoms with Crippen molar-refractivity contribution in [1.82, 2.24) is 5.43 Å². The second-order valence-corrected chi connectivity index (χ2v) is 6.66. The van der Waals surface area contributed by atoms with Crippen LogP contribution < -0.4 is 10.2 Å². The molecule has 0 saturated carbocycles. The Kier molecular flexibility index (Phi) is 6.59. The number of carbonyl (C=O) groups is 1. The molecule has 0 aliphatic carbocycles. The van der Waals surface area contributed by atoms with Crippen LogP contribution in [0.3, 0.4) is 0 Å². The highest BCUT2D eigenvalue weighted by molar-refractivity contribution is 6.30. The van der Waals surface area contributed by atoms with E-state index in [0.29, 0.717) is 10.9 Å². The molecule has 0 bridgehead atoms. The minimum absolute atomic E-state index is 0.306. The quantitative estimate of drug-likeness (QED) is 0.601. The van der Waals surface area contributed by atoms with Gasteiger partial charge in [-0.15, -0.1) is 0 Å². The Morgan fingerprint density at radius 3 is 2.48 bits per heavy atom. The highest BCUT2D eigenvalue weighted by Crippen LogP contribution is 2.25. The molecule has 0 heterocycles. The highest BCUT2D eigenvalue weighted by atomic mass is 35.5. The van der Waals surface area contributed by atoms with Crippen LogP contribution in [-0.2, 0) is 4.79 Å². The van der Waals surface area contributed by atoms with E-state index in [4.69, 9.17) is 16.3 Å². The molecule has 0 aliphatic rings. The van der Waals surface area contributed by atoms with Crippen LogP contribution >= 0.6 is 11.6 Å². The summed E-state index contributed by atoms with van der Waals surface area (Å²) < 4.78 is 5.81. The second kappa shape index (κ2) is 8.67. The summed E-state index contributed by atoms with van der Waals surface area (Å²) in [5, 5.41) is 4.61. The van der Waals surface area contributed by atoms with Crippen molar-refractivity contribution >= 4 is 23.7 Å². The number of carbonyl (C=O) groups excluding carboxylic acids is 1. The van der Waals surface area contributed by atoms with Gasteiger partial charge in [0.1, 0.15) is 5.75 Å². The van der Waals surface area contributed by atoms with Crippen molar-refractivity contribution < 1.29 is 9.53 Å². The molecule has 0 radical (unpaired) electrons. The average molecular weight is 359 g/mol. The molecule has 0 aliphatic heterocycles. The minimum Gasteiger partial charge on any atom is -0.481 e. The van der Waals surface area contributed by atoms with E-state index in [2.05, 4.69) is 30.4 Å². The van der Waals surface area contributed by atoms with Crippen LogP contribution in [0.15, 0.2) is 47.6 Å². The van der Waals surface area contributed by atoms with Crippen LogP contribution in [0.4, 0.5) is 0 Å². The van der Waals surface area contributed by atoms with Crippen LogP contribution in [-0.4, -0.2) is 18.2 Å². The van der Waals surface area contributed by atoms with Gasteiger partial charge in [-0.3, -0.25) is 4.79 Å². The predicted octanol–water partition coefficient (Wildman–Crippen LogP) is 4.69. The Balaban J connectivity index is 1.96. The molecule has 2 aromatic carbocycles. The fourth-order valence-electron chi connectivity index (χ4n) is 2.16. The zero-order valence-electron chi connectivity index (χ0n) is 14.9. The smallest absolute Gasteiger partial charge is 0.280 e. The maximum absolute atomic E-state index is 12.2. The van der Waals surface area contributed by atoms with Crippen molar-refractivity contribution in [3.8, 4) is 5.75 Å². The van der Waals surface area contributed by atoms with Gasteiger partial charge in [0, 0.05) is 5.02 Å². The fourth-order valence-corrected chi connectivity index (χ4v) is 2.28. The van der Waals surface area contributed by atoms with Crippen molar-refractivity contribution in [3.05, 3.63) is 64.2 Å². The van der Waals surface area contributed by atoms with Crippen molar-refractivity contribution in [2.75, 3.05) is 0 Å². The van der Waals surface area contributed by atoms with Crippen molar-refractivity contribution in [2.24, 2.45) is 5.10 Å². The molecule has 1 amide bonds. The summed E-state index contributed by atoms with van der Waals surface area (Å²) in [6.45, 7) is 7.91. The molecule has 4 nitrogen and oxygen atoms in total. The monoisotopic (exact) mass is 358 g/mol. The largest absolute Gasteiger partial charge is 0.481 e. The zero-order chi connectivity index (χ0) is 18.4. The summed E-state index contributed by atoms with van der Waals surface area (Å²) >= 11 is 5.83. The Hall–Kier alpha value is -2.33. The first kappa shape index (κ1) is 19.0. The third-order valence-electron chi connectivity index (χ3n) is 3.81. The summed E-state index contributed by atoms with van der Waals surface area (Å²) in [5.41, 5.74) is 5.51. The maximum atomic E-state index is 12.2. The Bertz CT molecular complexity index is 755. The lowest BCUT2D eigenvalue weighted by Crippen LogP contribution is -2.33. The van der Waals surface area contributed by atoms with E-state index in [1.807, 2.05) is 31.2 Å². The molecular weight excluding hydrogens is 336 g/mol. The molecule has 0 spiro atoms. The first-order chi connectivity index (χ1) is 11.9. The summed E-state index contributed by atoms with van der Waals surface area (Å²) in [7, 11) is 0. The number of hydrogen-bond donors (Lipinski definition) is 1.